The fraction of sp³-hybridized carbons (Fsp3) is 0.545. The van der Waals surface area contributed by atoms with Crippen LogP contribution in [0.15, 0.2) is 10.5 Å². The highest BCUT2D eigenvalue weighted by Crippen LogP contribution is 2.20. The van der Waals surface area contributed by atoms with Crippen molar-refractivity contribution in [2.24, 2.45) is 5.73 Å². The largest absolute Gasteiger partial charge is 0.466 e. The van der Waals surface area contributed by atoms with E-state index in [1.165, 1.54) is 0 Å². The molecule has 0 bridgehead atoms. The van der Waals surface area contributed by atoms with Crippen LogP contribution in [0.2, 0.25) is 0 Å². The standard InChI is InChI=1S/C11H17NO3.ClH/c1-4-14-11(13)6-9(12)10-5-7(2)8(3)15-10;/h5,9H,4,6,12H2,1-3H3;1H/t9-;/m0./s1. The topological polar surface area (TPSA) is 65.5 Å². The van der Waals surface area contributed by atoms with E-state index >= 15 is 0 Å². The Hall–Kier alpha value is -1.00. The van der Waals surface area contributed by atoms with Gasteiger partial charge in [0.25, 0.3) is 0 Å². The summed E-state index contributed by atoms with van der Waals surface area (Å²) in [5.74, 6) is 1.18. The predicted molar refractivity (Wildman–Crippen MR) is 63.6 cm³/mol. The highest BCUT2D eigenvalue weighted by molar-refractivity contribution is 5.85. The molecule has 5 heteroatoms. The van der Waals surface area contributed by atoms with Gasteiger partial charge in [0.1, 0.15) is 11.5 Å². The third kappa shape index (κ3) is 3.87. The van der Waals surface area contributed by atoms with Crippen LogP contribution in [-0.4, -0.2) is 12.6 Å². The second kappa shape index (κ2) is 6.55. The Bertz CT molecular complexity index is 329. The molecular formula is C11H18ClNO3. The maximum Gasteiger partial charge on any atom is 0.307 e. The van der Waals surface area contributed by atoms with Gasteiger partial charge in [-0.1, -0.05) is 0 Å². The minimum atomic E-state index is -0.420. The third-order valence-corrected chi connectivity index (χ3v) is 2.24. The molecule has 0 fully saturated rings. The summed E-state index contributed by atoms with van der Waals surface area (Å²) in [6.07, 6.45) is 0.153. The zero-order chi connectivity index (χ0) is 11.4. The molecule has 1 aromatic rings. The smallest absolute Gasteiger partial charge is 0.307 e. The van der Waals surface area contributed by atoms with Crippen LogP contribution in [0.25, 0.3) is 0 Å². The van der Waals surface area contributed by atoms with E-state index in [1.807, 2.05) is 19.9 Å². The fourth-order valence-electron chi connectivity index (χ4n) is 1.28. The Morgan fingerprint density at radius 2 is 2.19 bits per heavy atom. The molecular weight excluding hydrogens is 230 g/mol. The zero-order valence-corrected chi connectivity index (χ0v) is 10.6. The van der Waals surface area contributed by atoms with Crippen LogP contribution < -0.4 is 5.73 Å². The molecule has 0 aromatic carbocycles. The van der Waals surface area contributed by atoms with Gasteiger partial charge in [-0.25, -0.2) is 0 Å². The lowest BCUT2D eigenvalue weighted by Crippen LogP contribution is -2.16. The molecule has 1 atom stereocenters. The second-order valence-corrected chi connectivity index (χ2v) is 3.50. The number of hydrogen-bond acceptors (Lipinski definition) is 4. The molecule has 0 radical (unpaired) electrons. The first-order valence-corrected chi connectivity index (χ1v) is 5.02. The summed E-state index contributed by atoms with van der Waals surface area (Å²) < 4.78 is 10.2. The van der Waals surface area contributed by atoms with E-state index in [2.05, 4.69) is 0 Å². The summed E-state index contributed by atoms with van der Waals surface area (Å²) in [7, 11) is 0. The zero-order valence-electron chi connectivity index (χ0n) is 9.78. The van der Waals surface area contributed by atoms with Crippen molar-refractivity contribution in [3.8, 4) is 0 Å². The summed E-state index contributed by atoms with van der Waals surface area (Å²) in [6.45, 7) is 5.96. The SMILES string of the molecule is CCOC(=O)C[C@H](N)c1cc(C)c(C)o1.Cl. The van der Waals surface area contributed by atoms with Crippen LogP contribution in [-0.2, 0) is 9.53 Å². The van der Waals surface area contributed by atoms with E-state index in [4.69, 9.17) is 14.9 Å². The van der Waals surface area contributed by atoms with Gasteiger partial charge in [-0.2, -0.15) is 0 Å². The normalized spacial score (nSPS) is 11.8. The van der Waals surface area contributed by atoms with Crippen LogP contribution in [0.5, 0.6) is 0 Å². The molecule has 0 amide bonds. The number of hydrogen-bond donors (Lipinski definition) is 1. The Morgan fingerprint density at radius 1 is 1.56 bits per heavy atom. The highest BCUT2D eigenvalue weighted by atomic mass is 35.5. The van der Waals surface area contributed by atoms with Crippen LogP contribution in [0, 0.1) is 13.8 Å². The van der Waals surface area contributed by atoms with Crippen LogP contribution in [0.1, 0.15) is 36.5 Å². The lowest BCUT2D eigenvalue weighted by molar-refractivity contribution is -0.143. The third-order valence-electron chi connectivity index (χ3n) is 2.24. The average Bonchev–Trinajstić information content (AvgIpc) is 2.47. The van der Waals surface area contributed by atoms with Crippen LogP contribution in [0.3, 0.4) is 0 Å². The summed E-state index contributed by atoms with van der Waals surface area (Å²) >= 11 is 0. The number of halogens is 1. The Kier molecular flexibility index (Phi) is 6.14. The molecule has 0 unspecified atom stereocenters. The minimum Gasteiger partial charge on any atom is -0.466 e. The first-order valence-electron chi connectivity index (χ1n) is 5.02. The monoisotopic (exact) mass is 247 g/mol. The van der Waals surface area contributed by atoms with E-state index in [-0.39, 0.29) is 24.8 Å². The van der Waals surface area contributed by atoms with Crippen molar-refractivity contribution < 1.29 is 13.9 Å². The summed E-state index contributed by atoms with van der Waals surface area (Å²) in [5, 5.41) is 0. The van der Waals surface area contributed by atoms with Crippen molar-refractivity contribution in [2.75, 3.05) is 6.61 Å². The molecule has 0 saturated carbocycles. The van der Waals surface area contributed by atoms with Gasteiger partial charge in [0.2, 0.25) is 0 Å². The molecule has 0 aliphatic carbocycles. The van der Waals surface area contributed by atoms with Gasteiger partial charge in [0.05, 0.1) is 19.1 Å². The number of rotatable bonds is 4. The van der Waals surface area contributed by atoms with Gasteiger partial charge >= 0.3 is 5.97 Å². The molecule has 1 heterocycles. The second-order valence-electron chi connectivity index (χ2n) is 3.50. The summed E-state index contributed by atoms with van der Waals surface area (Å²) in [5.41, 5.74) is 6.86. The van der Waals surface area contributed by atoms with Gasteiger partial charge in [-0.3, -0.25) is 4.79 Å². The molecule has 2 N–H and O–H groups in total. The fourth-order valence-corrected chi connectivity index (χ4v) is 1.28. The first kappa shape index (κ1) is 15.0. The van der Waals surface area contributed by atoms with Crippen molar-refractivity contribution in [3.05, 3.63) is 23.2 Å². The predicted octanol–water partition coefficient (Wildman–Crippen LogP) is 2.27. The Morgan fingerprint density at radius 3 is 2.62 bits per heavy atom. The van der Waals surface area contributed by atoms with Gasteiger partial charge in [0.15, 0.2) is 0 Å². The number of esters is 1. The van der Waals surface area contributed by atoms with Crippen LogP contribution in [0.4, 0.5) is 0 Å². The number of carbonyl (C=O) groups is 1. The number of ether oxygens (including phenoxy) is 1. The van der Waals surface area contributed by atoms with Crippen molar-refractivity contribution in [1.82, 2.24) is 0 Å². The van der Waals surface area contributed by atoms with E-state index in [1.54, 1.807) is 6.92 Å². The maximum atomic E-state index is 11.2. The number of carbonyl (C=O) groups excluding carboxylic acids is 1. The van der Waals surface area contributed by atoms with E-state index < -0.39 is 6.04 Å². The van der Waals surface area contributed by atoms with Gasteiger partial charge < -0.3 is 14.9 Å². The molecule has 1 aromatic heterocycles. The Labute approximate surface area is 102 Å². The highest BCUT2D eigenvalue weighted by Gasteiger charge is 2.16. The van der Waals surface area contributed by atoms with Crippen molar-refractivity contribution in [3.63, 3.8) is 0 Å². The minimum absolute atomic E-state index is 0. The lowest BCUT2D eigenvalue weighted by atomic mass is 10.1. The van der Waals surface area contributed by atoms with Crippen molar-refractivity contribution >= 4 is 18.4 Å². The number of aryl methyl sites for hydroxylation is 2. The van der Waals surface area contributed by atoms with E-state index in [0.29, 0.717) is 12.4 Å². The number of furan rings is 1. The molecule has 4 nitrogen and oxygen atoms in total. The molecule has 0 spiro atoms. The molecule has 0 aliphatic rings. The molecule has 1 rings (SSSR count). The van der Waals surface area contributed by atoms with Crippen molar-refractivity contribution in [2.45, 2.75) is 33.2 Å². The average molecular weight is 248 g/mol. The van der Waals surface area contributed by atoms with Gasteiger partial charge in [-0.05, 0) is 32.4 Å². The molecule has 92 valence electrons. The first-order chi connectivity index (χ1) is 7.04. The van der Waals surface area contributed by atoms with Gasteiger partial charge in [0, 0.05) is 0 Å². The summed E-state index contributed by atoms with van der Waals surface area (Å²) in [4.78, 5) is 11.2. The quantitative estimate of drug-likeness (QED) is 0.829. The summed E-state index contributed by atoms with van der Waals surface area (Å²) in [6, 6.07) is 1.44. The number of nitrogens with two attached hydrogens (primary N) is 1. The van der Waals surface area contributed by atoms with Crippen molar-refractivity contribution in [1.29, 1.82) is 0 Å². The lowest BCUT2D eigenvalue weighted by Gasteiger charge is -2.07. The van der Waals surface area contributed by atoms with Gasteiger partial charge in [-0.15, -0.1) is 12.4 Å². The molecule has 16 heavy (non-hydrogen) atoms. The molecule has 0 saturated heterocycles. The van der Waals surface area contributed by atoms with E-state index in [0.717, 1.165) is 11.3 Å². The van der Waals surface area contributed by atoms with E-state index in [9.17, 15) is 4.79 Å². The Balaban J connectivity index is 0.00000225. The maximum absolute atomic E-state index is 11.2. The van der Waals surface area contributed by atoms with Crippen LogP contribution >= 0.6 is 12.4 Å². The molecule has 0 aliphatic heterocycles.